The monoisotopic (exact) mass is 429 g/mol. The number of rotatable bonds is 9. The zero-order valence-electron chi connectivity index (χ0n) is 16.7. The minimum atomic E-state index is 0.459. The van der Waals surface area contributed by atoms with Gasteiger partial charge in [0.15, 0.2) is 0 Å². The second-order valence-electron chi connectivity index (χ2n) is 6.92. The fourth-order valence-corrected chi connectivity index (χ4v) is 3.58. The SMILES string of the molecule is COc1ccc(CCNCc2cc(Cl)cc(Cl)c2OCc2ccc(C)cc2)cc1. The average Bonchev–Trinajstić information content (AvgIpc) is 2.72. The highest BCUT2D eigenvalue weighted by molar-refractivity contribution is 6.35. The molecule has 29 heavy (non-hydrogen) atoms. The topological polar surface area (TPSA) is 30.5 Å². The van der Waals surface area contributed by atoms with Crippen molar-refractivity contribution in [2.75, 3.05) is 13.7 Å². The molecule has 0 unspecified atom stereocenters. The van der Waals surface area contributed by atoms with Crippen molar-refractivity contribution in [1.82, 2.24) is 5.32 Å². The zero-order valence-corrected chi connectivity index (χ0v) is 18.2. The van der Waals surface area contributed by atoms with E-state index in [9.17, 15) is 0 Å². The van der Waals surface area contributed by atoms with Gasteiger partial charge in [-0.2, -0.15) is 0 Å². The fourth-order valence-electron chi connectivity index (χ4n) is 2.99. The van der Waals surface area contributed by atoms with Crippen LogP contribution in [0.25, 0.3) is 0 Å². The van der Waals surface area contributed by atoms with Crippen LogP contribution in [0, 0.1) is 6.92 Å². The minimum Gasteiger partial charge on any atom is -0.497 e. The maximum absolute atomic E-state index is 6.41. The van der Waals surface area contributed by atoms with Crippen LogP contribution in [-0.2, 0) is 19.6 Å². The molecule has 3 aromatic carbocycles. The largest absolute Gasteiger partial charge is 0.497 e. The van der Waals surface area contributed by atoms with E-state index in [1.165, 1.54) is 11.1 Å². The number of hydrogen-bond donors (Lipinski definition) is 1. The minimum absolute atomic E-state index is 0.459. The number of aryl methyl sites for hydroxylation is 1. The van der Waals surface area contributed by atoms with Gasteiger partial charge < -0.3 is 14.8 Å². The summed E-state index contributed by atoms with van der Waals surface area (Å²) in [4.78, 5) is 0. The van der Waals surface area contributed by atoms with Crippen LogP contribution in [0.1, 0.15) is 22.3 Å². The van der Waals surface area contributed by atoms with Gasteiger partial charge in [0, 0.05) is 17.1 Å². The summed E-state index contributed by atoms with van der Waals surface area (Å²) in [7, 11) is 1.67. The van der Waals surface area contributed by atoms with Crippen LogP contribution in [0.3, 0.4) is 0 Å². The van der Waals surface area contributed by atoms with E-state index in [0.29, 0.717) is 28.9 Å². The second-order valence-corrected chi connectivity index (χ2v) is 7.77. The van der Waals surface area contributed by atoms with E-state index < -0.39 is 0 Å². The van der Waals surface area contributed by atoms with E-state index in [-0.39, 0.29) is 0 Å². The summed E-state index contributed by atoms with van der Waals surface area (Å²) in [5.74, 6) is 1.54. The lowest BCUT2D eigenvalue weighted by Crippen LogP contribution is -2.17. The Morgan fingerprint density at radius 3 is 2.28 bits per heavy atom. The molecular weight excluding hydrogens is 405 g/mol. The molecule has 3 nitrogen and oxygen atoms in total. The molecule has 0 saturated heterocycles. The van der Waals surface area contributed by atoms with Crippen molar-refractivity contribution in [3.63, 3.8) is 0 Å². The molecule has 0 saturated carbocycles. The summed E-state index contributed by atoms with van der Waals surface area (Å²) in [5.41, 5.74) is 4.52. The summed E-state index contributed by atoms with van der Waals surface area (Å²) < 4.78 is 11.2. The lowest BCUT2D eigenvalue weighted by atomic mass is 10.1. The summed E-state index contributed by atoms with van der Waals surface area (Å²) in [6, 6.07) is 20.0. The zero-order chi connectivity index (χ0) is 20.6. The van der Waals surface area contributed by atoms with Crippen molar-refractivity contribution in [3.8, 4) is 11.5 Å². The molecule has 0 heterocycles. The molecule has 3 aromatic rings. The highest BCUT2D eigenvalue weighted by Crippen LogP contribution is 2.33. The van der Waals surface area contributed by atoms with Crippen LogP contribution in [0.5, 0.6) is 11.5 Å². The normalized spacial score (nSPS) is 10.8. The predicted octanol–water partition coefficient (Wildman–Crippen LogP) is 6.22. The second kappa shape index (κ2) is 10.5. The van der Waals surface area contributed by atoms with E-state index in [2.05, 4.69) is 48.6 Å². The van der Waals surface area contributed by atoms with E-state index >= 15 is 0 Å². The van der Waals surface area contributed by atoms with Gasteiger partial charge in [-0.3, -0.25) is 0 Å². The van der Waals surface area contributed by atoms with E-state index in [0.717, 1.165) is 29.8 Å². The van der Waals surface area contributed by atoms with Crippen LogP contribution in [-0.4, -0.2) is 13.7 Å². The molecule has 3 rings (SSSR count). The molecule has 0 radical (unpaired) electrons. The van der Waals surface area contributed by atoms with Gasteiger partial charge in [0.2, 0.25) is 0 Å². The Bertz CT molecular complexity index is 925. The number of hydrogen-bond acceptors (Lipinski definition) is 3. The third kappa shape index (κ3) is 6.40. The number of halogens is 2. The number of benzene rings is 3. The molecule has 0 bridgehead atoms. The van der Waals surface area contributed by atoms with Crippen molar-refractivity contribution < 1.29 is 9.47 Å². The maximum atomic E-state index is 6.41. The summed E-state index contributed by atoms with van der Waals surface area (Å²) in [5, 5.41) is 4.58. The highest BCUT2D eigenvalue weighted by Gasteiger charge is 2.11. The van der Waals surface area contributed by atoms with Gasteiger partial charge in [-0.1, -0.05) is 65.2 Å². The molecule has 0 aliphatic heterocycles. The molecule has 0 aliphatic carbocycles. The van der Waals surface area contributed by atoms with Crippen LogP contribution in [0.2, 0.25) is 10.0 Å². The Labute approximate surface area is 182 Å². The van der Waals surface area contributed by atoms with Gasteiger partial charge in [-0.25, -0.2) is 0 Å². The third-order valence-corrected chi connectivity index (χ3v) is 5.15. The van der Waals surface area contributed by atoms with Crippen molar-refractivity contribution in [1.29, 1.82) is 0 Å². The van der Waals surface area contributed by atoms with Gasteiger partial charge in [-0.15, -0.1) is 0 Å². The van der Waals surface area contributed by atoms with E-state index in [1.807, 2.05) is 18.2 Å². The highest BCUT2D eigenvalue weighted by atomic mass is 35.5. The maximum Gasteiger partial charge on any atom is 0.142 e. The van der Waals surface area contributed by atoms with Crippen molar-refractivity contribution in [3.05, 3.63) is 93.0 Å². The van der Waals surface area contributed by atoms with E-state index in [1.54, 1.807) is 13.2 Å². The van der Waals surface area contributed by atoms with Gasteiger partial charge in [0.25, 0.3) is 0 Å². The molecule has 0 aromatic heterocycles. The summed E-state index contributed by atoms with van der Waals surface area (Å²) >= 11 is 12.6. The van der Waals surface area contributed by atoms with Gasteiger partial charge in [-0.05, 0) is 55.3 Å². The first kappa shape index (κ1) is 21.5. The van der Waals surface area contributed by atoms with Crippen LogP contribution < -0.4 is 14.8 Å². The fraction of sp³-hybridized carbons (Fsp3) is 0.250. The molecule has 0 fully saturated rings. The quantitative estimate of drug-likeness (QED) is 0.409. The van der Waals surface area contributed by atoms with Crippen molar-refractivity contribution in [2.24, 2.45) is 0 Å². The Hall–Kier alpha value is -2.20. The van der Waals surface area contributed by atoms with Crippen molar-refractivity contribution >= 4 is 23.2 Å². The van der Waals surface area contributed by atoms with Crippen molar-refractivity contribution in [2.45, 2.75) is 26.5 Å². The average molecular weight is 430 g/mol. The Kier molecular flexibility index (Phi) is 7.82. The molecule has 5 heteroatoms. The predicted molar refractivity (Wildman–Crippen MR) is 120 cm³/mol. The first-order chi connectivity index (χ1) is 14.0. The molecule has 0 spiro atoms. The number of ether oxygens (including phenoxy) is 2. The van der Waals surface area contributed by atoms with Gasteiger partial charge in [0.05, 0.1) is 12.1 Å². The molecule has 152 valence electrons. The number of methoxy groups -OCH3 is 1. The molecule has 1 N–H and O–H groups in total. The molecule has 0 atom stereocenters. The molecular formula is C24H25Cl2NO2. The Morgan fingerprint density at radius 2 is 1.59 bits per heavy atom. The number of nitrogens with one attached hydrogen (secondary N) is 1. The molecule has 0 amide bonds. The van der Waals surface area contributed by atoms with Crippen LogP contribution >= 0.6 is 23.2 Å². The van der Waals surface area contributed by atoms with Gasteiger partial charge in [0.1, 0.15) is 18.1 Å². The van der Waals surface area contributed by atoms with Crippen LogP contribution in [0.15, 0.2) is 60.7 Å². The smallest absolute Gasteiger partial charge is 0.142 e. The standard InChI is InChI=1S/C24H25Cl2NO2/c1-17-3-5-19(6-4-17)16-29-24-20(13-21(25)14-23(24)26)15-27-12-11-18-7-9-22(28-2)10-8-18/h3-10,13-14,27H,11-12,15-16H2,1-2H3. The van der Waals surface area contributed by atoms with E-state index in [4.69, 9.17) is 32.7 Å². The van der Waals surface area contributed by atoms with Gasteiger partial charge >= 0.3 is 0 Å². The lowest BCUT2D eigenvalue weighted by molar-refractivity contribution is 0.302. The Morgan fingerprint density at radius 1 is 0.897 bits per heavy atom. The Balaban J connectivity index is 1.59. The summed E-state index contributed by atoms with van der Waals surface area (Å²) in [6.45, 7) is 3.98. The first-order valence-electron chi connectivity index (χ1n) is 9.55. The lowest BCUT2D eigenvalue weighted by Gasteiger charge is -2.15. The third-order valence-electron chi connectivity index (χ3n) is 4.65. The summed E-state index contributed by atoms with van der Waals surface area (Å²) in [6.07, 6.45) is 0.915. The van der Waals surface area contributed by atoms with Crippen LogP contribution in [0.4, 0.5) is 0 Å². The molecule has 0 aliphatic rings. The first-order valence-corrected chi connectivity index (χ1v) is 10.3.